The van der Waals surface area contributed by atoms with Gasteiger partial charge in [-0.2, -0.15) is 0 Å². The maximum absolute atomic E-state index is 12.1. The predicted octanol–water partition coefficient (Wildman–Crippen LogP) is 2.48. The zero-order valence-corrected chi connectivity index (χ0v) is 15.0. The molecule has 0 radical (unpaired) electrons. The number of benzene rings is 1. The van der Waals surface area contributed by atoms with Gasteiger partial charge in [-0.1, -0.05) is 12.1 Å². The minimum atomic E-state index is -3.29. The molecule has 0 aliphatic carbocycles. The van der Waals surface area contributed by atoms with Crippen molar-refractivity contribution < 1.29 is 13.0 Å². The van der Waals surface area contributed by atoms with E-state index in [2.05, 4.69) is 9.44 Å². The van der Waals surface area contributed by atoms with Crippen LogP contribution in [0.15, 0.2) is 18.2 Å². The number of aryl methyl sites for hydroxylation is 1. The molecule has 5 nitrogen and oxygen atoms in total. The second kappa shape index (κ2) is 6.56. The van der Waals surface area contributed by atoms with Crippen LogP contribution < -0.4 is 9.44 Å². The molecule has 0 aliphatic rings. The fourth-order valence-electron chi connectivity index (χ4n) is 1.68. The topological polar surface area (TPSA) is 81.3 Å². The van der Waals surface area contributed by atoms with Gasteiger partial charge in [0.15, 0.2) is 0 Å². The lowest BCUT2D eigenvalue weighted by Gasteiger charge is -2.26. The molecular formula is C14H24N2O3S2. The van der Waals surface area contributed by atoms with Gasteiger partial charge in [0.2, 0.25) is 10.0 Å². The first-order valence-corrected chi connectivity index (χ1v) is 9.70. The SMILES string of the molecule is Cc1cc([C@@H](C)N[S@+]([O-])C(C)(C)C)ccc1NS(C)(=O)=O. The van der Waals surface area contributed by atoms with Gasteiger partial charge >= 0.3 is 0 Å². The average molecular weight is 332 g/mol. The van der Waals surface area contributed by atoms with Crippen molar-refractivity contribution in [1.82, 2.24) is 4.72 Å². The summed E-state index contributed by atoms with van der Waals surface area (Å²) < 4.78 is 39.8. The number of hydrogen-bond acceptors (Lipinski definition) is 4. The molecule has 21 heavy (non-hydrogen) atoms. The summed E-state index contributed by atoms with van der Waals surface area (Å²) in [6.07, 6.45) is 1.12. The number of sulfonamides is 1. The summed E-state index contributed by atoms with van der Waals surface area (Å²) in [6, 6.07) is 5.36. The van der Waals surface area contributed by atoms with E-state index in [4.69, 9.17) is 0 Å². The van der Waals surface area contributed by atoms with E-state index in [9.17, 15) is 13.0 Å². The van der Waals surface area contributed by atoms with Gasteiger partial charge in [-0.3, -0.25) is 4.72 Å². The summed E-state index contributed by atoms with van der Waals surface area (Å²) in [5, 5.41) is 0. The van der Waals surface area contributed by atoms with Crippen molar-refractivity contribution >= 4 is 27.1 Å². The molecule has 0 aliphatic heterocycles. The quantitative estimate of drug-likeness (QED) is 0.812. The normalized spacial score (nSPS) is 15.6. The fraction of sp³-hybridized carbons (Fsp3) is 0.571. The molecule has 0 heterocycles. The Morgan fingerprint density at radius 2 is 1.86 bits per heavy atom. The fourth-order valence-corrected chi connectivity index (χ4v) is 3.12. The van der Waals surface area contributed by atoms with Crippen molar-refractivity contribution in [3.63, 3.8) is 0 Å². The molecule has 2 N–H and O–H groups in total. The maximum atomic E-state index is 12.1. The highest BCUT2D eigenvalue weighted by Gasteiger charge is 2.28. The molecule has 1 aromatic carbocycles. The molecule has 7 heteroatoms. The van der Waals surface area contributed by atoms with Crippen molar-refractivity contribution in [2.24, 2.45) is 0 Å². The highest BCUT2D eigenvalue weighted by atomic mass is 32.2. The average Bonchev–Trinajstić information content (AvgIpc) is 2.28. The van der Waals surface area contributed by atoms with Gasteiger partial charge < -0.3 is 4.55 Å². The van der Waals surface area contributed by atoms with Crippen LogP contribution in [0.3, 0.4) is 0 Å². The highest BCUT2D eigenvalue weighted by Crippen LogP contribution is 2.24. The number of nitrogens with one attached hydrogen (secondary N) is 2. The van der Waals surface area contributed by atoms with E-state index in [-0.39, 0.29) is 10.8 Å². The molecule has 1 aromatic rings. The van der Waals surface area contributed by atoms with Crippen LogP contribution in [-0.2, 0) is 21.4 Å². The molecule has 0 saturated heterocycles. The van der Waals surface area contributed by atoms with Crippen LogP contribution in [0.1, 0.15) is 44.9 Å². The van der Waals surface area contributed by atoms with Crippen molar-refractivity contribution in [2.45, 2.75) is 45.4 Å². The Balaban J connectivity index is 2.88. The zero-order valence-electron chi connectivity index (χ0n) is 13.4. The predicted molar refractivity (Wildman–Crippen MR) is 89.1 cm³/mol. The van der Waals surface area contributed by atoms with Crippen LogP contribution in [-0.4, -0.2) is 24.0 Å². The zero-order chi connectivity index (χ0) is 16.4. The summed E-state index contributed by atoms with van der Waals surface area (Å²) in [7, 11) is -3.29. The Morgan fingerprint density at radius 3 is 2.29 bits per heavy atom. The van der Waals surface area contributed by atoms with Crippen molar-refractivity contribution in [3.8, 4) is 0 Å². The van der Waals surface area contributed by atoms with Crippen LogP contribution >= 0.6 is 0 Å². The highest BCUT2D eigenvalue weighted by molar-refractivity contribution is 7.92. The minimum Gasteiger partial charge on any atom is -0.598 e. The van der Waals surface area contributed by atoms with Gasteiger partial charge in [0.25, 0.3) is 0 Å². The van der Waals surface area contributed by atoms with Gasteiger partial charge in [0, 0.05) is 11.4 Å². The Bertz CT molecular complexity index is 595. The molecular weight excluding hydrogens is 308 g/mol. The first kappa shape index (κ1) is 18.3. The van der Waals surface area contributed by atoms with E-state index < -0.39 is 21.4 Å². The lowest BCUT2D eigenvalue weighted by molar-refractivity contribution is 0.531. The van der Waals surface area contributed by atoms with E-state index in [0.29, 0.717) is 5.69 Å². The Morgan fingerprint density at radius 1 is 1.29 bits per heavy atom. The molecule has 0 fully saturated rings. The molecule has 0 spiro atoms. The summed E-state index contributed by atoms with van der Waals surface area (Å²) >= 11 is -1.16. The standard InChI is InChI=1S/C14H24N2O3S2/c1-10-9-12(7-8-13(10)16-21(6,18)19)11(2)15-20(17)14(3,4)5/h7-9,11,15-16H,1-6H3/t11-,20-/m1/s1. The van der Waals surface area contributed by atoms with Crippen LogP contribution in [0.25, 0.3) is 0 Å². The molecule has 0 amide bonds. The molecule has 0 unspecified atom stereocenters. The number of anilines is 1. The minimum absolute atomic E-state index is 0.0870. The van der Waals surface area contributed by atoms with Gasteiger partial charge in [-0.15, -0.1) is 4.72 Å². The van der Waals surface area contributed by atoms with E-state index in [0.717, 1.165) is 17.4 Å². The smallest absolute Gasteiger partial charge is 0.229 e. The second-order valence-electron chi connectivity index (χ2n) is 6.17. The lowest BCUT2D eigenvalue weighted by Crippen LogP contribution is -2.40. The van der Waals surface area contributed by atoms with E-state index >= 15 is 0 Å². The van der Waals surface area contributed by atoms with E-state index in [1.54, 1.807) is 6.07 Å². The molecule has 1 rings (SSSR count). The molecule has 0 saturated carbocycles. The molecule has 2 atom stereocenters. The summed E-state index contributed by atoms with van der Waals surface area (Å²) in [4.78, 5) is 0. The van der Waals surface area contributed by atoms with Crippen LogP contribution in [0.4, 0.5) is 5.69 Å². The monoisotopic (exact) mass is 332 g/mol. The molecule has 0 bridgehead atoms. The Hall–Kier alpha value is -0.760. The molecule has 0 aromatic heterocycles. The van der Waals surface area contributed by atoms with Gasteiger partial charge in [-0.25, -0.2) is 8.42 Å². The first-order valence-electron chi connectivity index (χ1n) is 6.66. The second-order valence-corrected chi connectivity index (χ2v) is 9.92. The van der Waals surface area contributed by atoms with Gasteiger partial charge in [-0.05, 0) is 51.8 Å². The Kier molecular flexibility index (Phi) is 5.71. The molecule has 120 valence electrons. The Labute approximate surface area is 130 Å². The summed E-state index contributed by atoms with van der Waals surface area (Å²) in [5.74, 6) is 0. The number of rotatable bonds is 5. The first-order chi connectivity index (χ1) is 9.40. The lowest BCUT2D eigenvalue weighted by atomic mass is 10.1. The third-order valence-electron chi connectivity index (χ3n) is 2.89. The van der Waals surface area contributed by atoms with Gasteiger partial charge in [0.05, 0.1) is 18.0 Å². The van der Waals surface area contributed by atoms with Gasteiger partial charge in [0.1, 0.15) is 4.75 Å². The third-order valence-corrected chi connectivity index (χ3v) is 5.16. The maximum Gasteiger partial charge on any atom is 0.229 e. The number of hydrogen-bond donors (Lipinski definition) is 2. The van der Waals surface area contributed by atoms with Crippen LogP contribution in [0.2, 0.25) is 0 Å². The summed E-state index contributed by atoms with van der Waals surface area (Å²) in [5.41, 5.74) is 2.35. The van der Waals surface area contributed by atoms with Crippen LogP contribution in [0, 0.1) is 6.92 Å². The van der Waals surface area contributed by atoms with E-state index in [1.807, 2.05) is 46.8 Å². The third kappa shape index (κ3) is 5.86. The largest absolute Gasteiger partial charge is 0.598 e. The van der Waals surface area contributed by atoms with Crippen molar-refractivity contribution in [1.29, 1.82) is 0 Å². The summed E-state index contributed by atoms with van der Waals surface area (Å²) in [6.45, 7) is 9.50. The van der Waals surface area contributed by atoms with Crippen LogP contribution in [0.5, 0.6) is 0 Å². The van der Waals surface area contributed by atoms with E-state index in [1.165, 1.54) is 0 Å². The van der Waals surface area contributed by atoms with Crippen molar-refractivity contribution in [3.05, 3.63) is 29.3 Å². The van der Waals surface area contributed by atoms with Crippen molar-refractivity contribution in [2.75, 3.05) is 11.0 Å².